The van der Waals surface area contributed by atoms with Gasteiger partial charge in [-0.15, -0.1) is 11.3 Å². The number of aromatic nitrogens is 2. The highest BCUT2D eigenvalue weighted by Crippen LogP contribution is 2.40. The Morgan fingerprint density at radius 1 is 0.920 bits per heavy atom. The van der Waals surface area contributed by atoms with Gasteiger partial charge in [0.1, 0.15) is 17.0 Å². The first kappa shape index (κ1) is 15.8. The van der Waals surface area contributed by atoms with E-state index in [1.54, 1.807) is 17.7 Å². The molecule has 0 aliphatic heterocycles. The summed E-state index contributed by atoms with van der Waals surface area (Å²) in [5.41, 5.74) is 3.78. The van der Waals surface area contributed by atoms with Crippen LogP contribution in [-0.4, -0.2) is 16.5 Å². The van der Waals surface area contributed by atoms with Crippen LogP contribution in [0.15, 0.2) is 67.0 Å². The lowest BCUT2D eigenvalue weighted by Gasteiger charge is -2.09. The number of aryl methyl sites for hydroxylation is 1. The van der Waals surface area contributed by atoms with Crippen molar-refractivity contribution in [3.8, 4) is 11.1 Å². The molecule has 25 heavy (non-hydrogen) atoms. The average molecular weight is 345 g/mol. The number of rotatable bonds is 5. The minimum Gasteiger partial charge on any atom is -0.369 e. The molecule has 0 fully saturated rings. The van der Waals surface area contributed by atoms with Crippen LogP contribution in [0, 0.1) is 6.92 Å². The molecule has 0 aliphatic rings. The number of anilines is 1. The molecule has 3 nitrogen and oxygen atoms in total. The number of thiophene rings is 1. The third-order valence-electron chi connectivity index (χ3n) is 4.28. The van der Waals surface area contributed by atoms with Gasteiger partial charge in [-0.05, 0) is 24.5 Å². The Hall–Kier alpha value is -2.72. The molecule has 0 saturated heterocycles. The number of nitrogens with one attached hydrogen (secondary N) is 1. The molecular formula is C21H19N3S. The van der Waals surface area contributed by atoms with Gasteiger partial charge >= 0.3 is 0 Å². The second kappa shape index (κ2) is 7.03. The second-order valence-electron chi connectivity index (χ2n) is 5.96. The summed E-state index contributed by atoms with van der Waals surface area (Å²) in [6.45, 7) is 3.00. The first-order chi connectivity index (χ1) is 12.3. The summed E-state index contributed by atoms with van der Waals surface area (Å²) in [4.78, 5) is 11.3. The van der Waals surface area contributed by atoms with Gasteiger partial charge in [0.15, 0.2) is 0 Å². The van der Waals surface area contributed by atoms with Gasteiger partial charge in [-0.25, -0.2) is 9.97 Å². The Balaban J connectivity index is 1.67. The van der Waals surface area contributed by atoms with Crippen molar-refractivity contribution in [2.45, 2.75) is 13.3 Å². The van der Waals surface area contributed by atoms with Crippen LogP contribution in [-0.2, 0) is 6.42 Å². The second-order valence-corrected chi connectivity index (χ2v) is 7.17. The Morgan fingerprint density at radius 2 is 1.64 bits per heavy atom. The Bertz CT molecular complexity index is 978. The van der Waals surface area contributed by atoms with E-state index in [1.807, 2.05) is 12.1 Å². The first-order valence-electron chi connectivity index (χ1n) is 8.40. The topological polar surface area (TPSA) is 37.8 Å². The summed E-state index contributed by atoms with van der Waals surface area (Å²) in [5, 5.41) is 4.64. The minimum absolute atomic E-state index is 0.846. The highest BCUT2D eigenvalue weighted by molar-refractivity contribution is 7.19. The zero-order chi connectivity index (χ0) is 17.1. The quantitative estimate of drug-likeness (QED) is 0.532. The van der Waals surface area contributed by atoms with E-state index in [1.165, 1.54) is 21.6 Å². The smallest absolute Gasteiger partial charge is 0.138 e. The van der Waals surface area contributed by atoms with Crippen LogP contribution in [0.3, 0.4) is 0 Å². The average Bonchev–Trinajstić information content (AvgIpc) is 3.00. The molecule has 0 radical (unpaired) electrons. The summed E-state index contributed by atoms with van der Waals surface area (Å²) in [5.74, 6) is 0.920. The lowest BCUT2D eigenvalue weighted by Crippen LogP contribution is -2.07. The van der Waals surface area contributed by atoms with Crippen LogP contribution in [0.2, 0.25) is 0 Å². The van der Waals surface area contributed by atoms with E-state index in [2.05, 4.69) is 70.7 Å². The van der Waals surface area contributed by atoms with Gasteiger partial charge in [-0.3, -0.25) is 0 Å². The molecule has 2 aromatic heterocycles. The molecule has 0 unspecified atom stereocenters. The molecule has 0 spiro atoms. The van der Waals surface area contributed by atoms with Crippen molar-refractivity contribution < 1.29 is 0 Å². The summed E-state index contributed by atoms with van der Waals surface area (Å²) in [7, 11) is 0. The molecule has 124 valence electrons. The summed E-state index contributed by atoms with van der Waals surface area (Å²) >= 11 is 1.73. The van der Waals surface area contributed by atoms with Gasteiger partial charge < -0.3 is 5.32 Å². The molecule has 0 amide bonds. The molecule has 0 bridgehead atoms. The highest BCUT2D eigenvalue weighted by Gasteiger charge is 2.16. The Morgan fingerprint density at radius 3 is 2.40 bits per heavy atom. The SMILES string of the molecule is Cc1sc2ncnc(NCCc3ccccc3)c2c1-c1ccccc1. The molecule has 4 aromatic rings. The van der Waals surface area contributed by atoms with Crippen LogP contribution in [0.25, 0.3) is 21.3 Å². The van der Waals surface area contributed by atoms with E-state index >= 15 is 0 Å². The standard InChI is InChI=1S/C21H19N3S/c1-15-18(17-10-6-3-7-11-17)19-20(23-14-24-21(19)25-15)22-13-12-16-8-4-2-5-9-16/h2-11,14H,12-13H2,1H3,(H,22,23,24). The van der Waals surface area contributed by atoms with Crippen LogP contribution < -0.4 is 5.32 Å². The largest absolute Gasteiger partial charge is 0.369 e. The van der Waals surface area contributed by atoms with Crippen LogP contribution in [0.5, 0.6) is 0 Å². The number of hydrogen-bond acceptors (Lipinski definition) is 4. The summed E-state index contributed by atoms with van der Waals surface area (Å²) in [6, 6.07) is 21.0. The van der Waals surface area contributed by atoms with Crippen LogP contribution >= 0.6 is 11.3 Å². The summed E-state index contributed by atoms with van der Waals surface area (Å²) < 4.78 is 0. The van der Waals surface area contributed by atoms with E-state index in [-0.39, 0.29) is 0 Å². The van der Waals surface area contributed by atoms with Crippen molar-refractivity contribution in [3.05, 3.63) is 77.4 Å². The fraction of sp³-hybridized carbons (Fsp3) is 0.143. The lowest BCUT2D eigenvalue weighted by molar-refractivity contribution is 1.01. The lowest BCUT2D eigenvalue weighted by atomic mass is 10.0. The van der Waals surface area contributed by atoms with E-state index in [4.69, 9.17) is 0 Å². The Kier molecular flexibility index (Phi) is 4.44. The van der Waals surface area contributed by atoms with Crippen molar-refractivity contribution in [2.75, 3.05) is 11.9 Å². The van der Waals surface area contributed by atoms with Crippen molar-refractivity contribution >= 4 is 27.4 Å². The Labute approximate surface area is 151 Å². The van der Waals surface area contributed by atoms with Crippen molar-refractivity contribution in [1.29, 1.82) is 0 Å². The molecule has 4 heteroatoms. The van der Waals surface area contributed by atoms with Gasteiger partial charge in [-0.2, -0.15) is 0 Å². The number of benzene rings is 2. The first-order valence-corrected chi connectivity index (χ1v) is 9.22. The zero-order valence-electron chi connectivity index (χ0n) is 14.1. The normalized spacial score (nSPS) is 10.9. The summed E-state index contributed by atoms with van der Waals surface area (Å²) in [6.07, 6.45) is 2.62. The zero-order valence-corrected chi connectivity index (χ0v) is 14.9. The number of fused-ring (bicyclic) bond motifs is 1. The third kappa shape index (κ3) is 3.26. The van der Waals surface area contributed by atoms with E-state index in [0.717, 1.165) is 29.0 Å². The third-order valence-corrected chi connectivity index (χ3v) is 5.29. The maximum atomic E-state index is 4.52. The molecule has 4 rings (SSSR count). The van der Waals surface area contributed by atoms with E-state index < -0.39 is 0 Å². The van der Waals surface area contributed by atoms with Gasteiger partial charge in [0.2, 0.25) is 0 Å². The molecule has 0 aliphatic carbocycles. The van der Waals surface area contributed by atoms with Crippen LogP contribution in [0.4, 0.5) is 5.82 Å². The van der Waals surface area contributed by atoms with Gasteiger partial charge in [0, 0.05) is 17.0 Å². The fourth-order valence-corrected chi connectivity index (χ4v) is 4.11. The van der Waals surface area contributed by atoms with E-state index in [0.29, 0.717) is 0 Å². The van der Waals surface area contributed by atoms with Crippen molar-refractivity contribution in [1.82, 2.24) is 9.97 Å². The number of nitrogens with zero attached hydrogens (tertiary/aromatic N) is 2. The predicted molar refractivity (Wildman–Crippen MR) is 106 cm³/mol. The molecule has 1 N–H and O–H groups in total. The maximum absolute atomic E-state index is 4.52. The fourth-order valence-electron chi connectivity index (χ4n) is 3.10. The molecule has 2 aromatic carbocycles. The van der Waals surface area contributed by atoms with Crippen molar-refractivity contribution in [3.63, 3.8) is 0 Å². The van der Waals surface area contributed by atoms with Crippen molar-refractivity contribution in [2.24, 2.45) is 0 Å². The molecular weight excluding hydrogens is 326 g/mol. The highest BCUT2D eigenvalue weighted by atomic mass is 32.1. The van der Waals surface area contributed by atoms with Crippen LogP contribution in [0.1, 0.15) is 10.4 Å². The van der Waals surface area contributed by atoms with E-state index in [9.17, 15) is 0 Å². The van der Waals surface area contributed by atoms with Gasteiger partial charge in [-0.1, -0.05) is 60.7 Å². The monoisotopic (exact) mass is 345 g/mol. The van der Waals surface area contributed by atoms with Gasteiger partial charge in [0.25, 0.3) is 0 Å². The molecule has 0 atom stereocenters. The predicted octanol–water partition coefficient (Wildman–Crippen LogP) is 5.32. The maximum Gasteiger partial charge on any atom is 0.138 e. The minimum atomic E-state index is 0.846. The number of hydrogen-bond donors (Lipinski definition) is 1. The molecule has 0 saturated carbocycles. The van der Waals surface area contributed by atoms with Gasteiger partial charge in [0.05, 0.1) is 5.39 Å². The molecule has 2 heterocycles.